The van der Waals surface area contributed by atoms with Gasteiger partial charge in [0.25, 0.3) is 0 Å². The Morgan fingerprint density at radius 1 is 1.12 bits per heavy atom. The number of aromatic nitrogens is 1. The molecular formula is C20H28N4O. The molecule has 0 saturated carbocycles. The van der Waals surface area contributed by atoms with Gasteiger partial charge in [0, 0.05) is 45.5 Å². The van der Waals surface area contributed by atoms with Crippen LogP contribution in [0.2, 0.25) is 0 Å². The summed E-state index contributed by atoms with van der Waals surface area (Å²) < 4.78 is 0. The fourth-order valence-electron chi connectivity index (χ4n) is 3.49. The summed E-state index contributed by atoms with van der Waals surface area (Å²) in [5.74, 6) is 1.47. The number of benzene rings is 1. The van der Waals surface area contributed by atoms with E-state index in [-0.39, 0.29) is 0 Å². The lowest BCUT2D eigenvalue weighted by molar-refractivity contribution is 0.249. The molecule has 3 rings (SSSR count). The standard InChI is InChI=1S/C20H28N4O/c1-4-21-18-6-5-7-22-20(18)24-10-8-23(9-11-24)14-17-12-15(2)19(25)16(3)13-17/h5-7,12-13,21,25H,4,8-11,14H2,1-3H3. The molecule has 1 aliphatic rings. The van der Waals surface area contributed by atoms with Crippen LogP contribution in [-0.2, 0) is 6.54 Å². The van der Waals surface area contributed by atoms with Gasteiger partial charge in [0.05, 0.1) is 5.69 Å². The van der Waals surface area contributed by atoms with Gasteiger partial charge < -0.3 is 15.3 Å². The summed E-state index contributed by atoms with van der Waals surface area (Å²) in [6.45, 7) is 11.9. The van der Waals surface area contributed by atoms with Gasteiger partial charge in [-0.1, -0.05) is 12.1 Å². The number of nitrogens with zero attached hydrogens (tertiary/aromatic N) is 3. The molecule has 1 aliphatic heterocycles. The number of anilines is 2. The molecule has 1 saturated heterocycles. The van der Waals surface area contributed by atoms with Gasteiger partial charge in [0.1, 0.15) is 5.75 Å². The van der Waals surface area contributed by atoms with Crippen LogP contribution in [0.5, 0.6) is 5.75 Å². The van der Waals surface area contributed by atoms with E-state index in [1.165, 1.54) is 5.56 Å². The molecule has 5 heteroatoms. The largest absolute Gasteiger partial charge is 0.507 e. The van der Waals surface area contributed by atoms with Crippen LogP contribution in [0.25, 0.3) is 0 Å². The second-order valence-electron chi connectivity index (χ2n) is 6.75. The zero-order valence-electron chi connectivity index (χ0n) is 15.4. The first-order valence-corrected chi connectivity index (χ1v) is 9.03. The topological polar surface area (TPSA) is 51.6 Å². The summed E-state index contributed by atoms with van der Waals surface area (Å²) in [6.07, 6.45) is 1.87. The van der Waals surface area contributed by atoms with Crippen molar-refractivity contribution in [3.05, 3.63) is 47.2 Å². The summed E-state index contributed by atoms with van der Waals surface area (Å²) in [6, 6.07) is 8.26. The Kier molecular flexibility index (Phi) is 5.43. The molecule has 134 valence electrons. The second-order valence-corrected chi connectivity index (χ2v) is 6.75. The van der Waals surface area contributed by atoms with Crippen molar-refractivity contribution in [2.24, 2.45) is 0 Å². The van der Waals surface area contributed by atoms with Crippen molar-refractivity contribution in [1.82, 2.24) is 9.88 Å². The van der Waals surface area contributed by atoms with Crippen LogP contribution in [0.15, 0.2) is 30.5 Å². The highest BCUT2D eigenvalue weighted by Crippen LogP contribution is 2.26. The Labute approximate surface area is 150 Å². The maximum Gasteiger partial charge on any atom is 0.152 e. The van der Waals surface area contributed by atoms with Gasteiger partial charge in [-0.2, -0.15) is 0 Å². The van der Waals surface area contributed by atoms with Crippen molar-refractivity contribution in [2.75, 3.05) is 42.9 Å². The van der Waals surface area contributed by atoms with Gasteiger partial charge in [0.15, 0.2) is 5.82 Å². The van der Waals surface area contributed by atoms with E-state index < -0.39 is 0 Å². The van der Waals surface area contributed by atoms with Crippen LogP contribution in [0.4, 0.5) is 11.5 Å². The van der Waals surface area contributed by atoms with Crippen molar-refractivity contribution in [1.29, 1.82) is 0 Å². The van der Waals surface area contributed by atoms with Crippen molar-refractivity contribution in [2.45, 2.75) is 27.3 Å². The number of pyridine rings is 1. The fourth-order valence-corrected chi connectivity index (χ4v) is 3.49. The van der Waals surface area contributed by atoms with Crippen LogP contribution in [0.1, 0.15) is 23.6 Å². The van der Waals surface area contributed by atoms with E-state index in [1.807, 2.05) is 26.1 Å². The van der Waals surface area contributed by atoms with E-state index in [2.05, 4.69) is 45.2 Å². The first kappa shape index (κ1) is 17.5. The number of phenolic OH excluding ortho intramolecular Hbond substituents is 1. The summed E-state index contributed by atoms with van der Waals surface area (Å²) in [7, 11) is 0. The Morgan fingerprint density at radius 2 is 1.80 bits per heavy atom. The number of rotatable bonds is 5. The third-order valence-electron chi connectivity index (χ3n) is 4.78. The number of hydrogen-bond acceptors (Lipinski definition) is 5. The lowest BCUT2D eigenvalue weighted by Gasteiger charge is -2.36. The van der Waals surface area contributed by atoms with Crippen LogP contribution < -0.4 is 10.2 Å². The first-order valence-electron chi connectivity index (χ1n) is 9.03. The van der Waals surface area contributed by atoms with Crippen molar-refractivity contribution in [3.63, 3.8) is 0 Å². The molecule has 0 radical (unpaired) electrons. The second kappa shape index (κ2) is 7.74. The molecule has 0 aliphatic carbocycles. The molecule has 0 unspecified atom stereocenters. The molecule has 1 fully saturated rings. The summed E-state index contributed by atoms with van der Waals surface area (Å²) in [5.41, 5.74) is 4.30. The monoisotopic (exact) mass is 340 g/mol. The molecule has 0 atom stereocenters. The van der Waals surface area contributed by atoms with Crippen LogP contribution in [0.3, 0.4) is 0 Å². The molecule has 5 nitrogen and oxygen atoms in total. The van der Waals surface area contributed by atoms with Crippen molar-refractivity contribution < 1.29 is 5.11 Å². The van der Waals surface area contributed by atoms with Gasteiger partial charge in [-0.15, -0.1) is 0 Å². The number of nitrogens with one attached hydrogen (secondary N) is 1. The highest BCUT2D eigenvalue weighted by molar-refractivity contribution is 5.65. The minimum absolute atomic E-state index is 0.416. The maximum absolute atomic E-state index is 9.93. The van der Waals surface area contributed by atoms with Crippen molar-refractivity contribution in [3.8, 4) is 5.75 Å². The molecule has 2 N–H and O–H groups in total. The minimum atomic E-state index is 0.416. The summed E-state index contributed by atoms with van der Waals surface area (Å²) in [4.78, 5) is 9.41. The molecule has 1 aromatic carbocycles. The van der Waals surface area contributed by atoms with Crippen LogP contribution in [-0.4, -0.2) is 47.7 Å². The lowest BCUT2D eigenvalue weighted by atomic mass is 10.1. The molecule has 2 heterocycles. The average molecular weight is 340 g/mol. The third kappa shape index (κ3) is 4.04. The SMILES string of the molecule is CCNc1cccnc1N1CCN(Cc2cc(C)c(O)c(C)c2)CC1. The zero-order valence-corrected chi connectivity index (χ0v) is 15.4. The van der Waals surface area contributed by atoms with E-state index in [4.69, 9.17) is 0 Å². The molecule has 1 aromatic heterocycles. The van der Waals surface area contributed by atoms with Gasteiger partial charge in [-0.25, -0.2) is 4.98 Å². The number of phenols is 1. The molecular weight excluding hydrogens is 312 g/mol. The van der Waals surface area contributed by atoms with Gasteiger partial charge >= 0.3 is 0 Å². The van der Waals surface area contributed by atoms with Gasteiger partial charge in [-0.3, -0.25) is 4.90 Å². The number of piperazine rings is 1. The van der Waals surface area contributed by atoms with Crippen LogP contribution >= 0.6 is 0 Å². The van der Waals surface area contributed by atoms with E-state index >= 15 is 0 Å². The fraction of sp³-hybridized carbons (Fsp3) is 0.450. The third-order valence-corrected chi connectivity index (χ3v) is 4.78. The number of aryl methyl sites for hydroxylation is 2. The predicted octanol–water partition coefficient (Wildman–Crippen LogP) is 3.16. The smallest absolute Gasteiger partial charge is 0.152 e. The molecule has 2 aromatic rings. The quantitative estimate of drug-likeness (QED) is 0.876. The lowest BCUT2D eigenvalue weighted by Crippen LogP contribution is -2.46. The molecule has 25 heavy (non-hydrogen) atoms. The summed E-state index contributed by atoms with van der Waals surface area (Å²) >= 11 is 0. The van der Waals surface area contributed by atoms with Crippen molar-refractivity contribution >= 4 is 11.5 Å². The Balaban J connectivity index is 1.63. The summed E-state index contributed by atoms with van der Waals surface area (Å²) in [5, 5.41) is 13.3. The average Bonchev–Trinajstić information content (AvgIpc) is 2.61. The molecule has 0 amide bonds. The highest BCUT2D eigenvalue weighted by atomic mass is 16.3. The molecule has 0 spiro atoms. The first-order chi connectivity index (χ1) is 12.1. The Morgan fingerprint density at radius 3 is 2.44 bits per heavy atom. The number of aromatic hydroxyl groups is 1. The van der Waals surface area contributed by atoms with E-state index in [9.17, 15) is 5.11 Å². The Bertz CT molecular complexity index is 700. The molecule has 0 bridgehead atoms. The van der Waals surface area contributed by atoms with E-state index in [1.54, 1.807) is 0 Å². The van der Waals surface area contributed by atoms with Crippen LogP contribution in [0, 0.1) is 13.8 Å². The minimum Gasteiger partial charge on any atom is -0.507 e. The predicted molar refractivity (Wildman–Crippen MR) is 103 cm³/mol. The van der Waals surface area contributed by atoms with E-state index in [0.717, 1.165) is 61.9 Å². The zero-order chi connectivity index (χ0) is 17.8. The maximum atomic E-state index is 9.93. The van der Waals surface area contributed by atoms with Gasteiger partial charge in [-0.05, 0) is 49.6 Å². The van der Waals surface area contributed by atoms with Gasteiger partial charge in [0.2, 0.25) is 0 Å². The Hall–Kier alpha value is -2.27. The van der Waals surface area contributed by atoms with E-state index in [0.29, 0.717) is 5.75 Å². The number of hydrogen-bond donors (Lipinski definition) is 2. The normalized spacial score (nSPS) is 15.4. The highest BCUT2D eigenvalue weighted by Gasteiger charge is 2.20.